The zero-order chi connectivity index (χ0) is 8.85. The summed E-state index contributed by atoms with van der Waals surface area (Å²) in [6, 6.07) is 0. The van der Waals surface area contributed by atoms with Crippen molar-refractivity contribution in [1.82, 2.24) is 0 Å². The van der Waals surface area contributed by atoms with Crippen LogP contribution in [0, 0.1) is 5.92 Å². The summed E-state index contributed by atoms with van der Waals surface area (Å²) in [5, 5.41) is 9.47. The third-order valence-electron chi connectivity index (χ3n) is 1.77. The summed E-state index contributed by atoms with van der Waals surface area (Å²) >= 11 is 0. The van der Waals surface area contributed by atoms with Crippen molar-refractivity contribution < 1.29 is 9.84 Å². The van der Waals surface area contributed by atoms with E-state index in [1.54, 1.807) is 7.11 Å². The molecular formula is C8H19NO2. The highest BCUT2D eigenvalue weighted by molar-refractivity contribution is 4.71. The predicted molar refractivity (Wildman–Crippen MR) is 45.3 cm³/mol. The first-order valence-electron chi connectivity index (χ1n) is 4.04. The molecule has 3 N–H and O–H groups in total. The molecule has 68 valence electrons. The van der Waals surface area contributed by atoms with Gasteiger partial charge >= 0.3 is 0 Å². The van der Waals surface area contributed by atoms with Gasteiger partial charge in [0.05, 0.1) is 12.2 Å². The summed E-state index contributed by atoms with van der Waals surface area (Å²) in [7, 11) is 1.62. The zero-order valence-corrected chi connectivity index (χ0v) is 7.58. The smallest absolute Gasteiger partial charge is 0.0853 e. The number of aliphatic hydroxyl groups excluding tert-OH is 1. The average Bonchev–Trinajstić information content (AvgIpc) is 1.88. The Bertz CT molecular complexity index is 96.1. The van der Waals surface area contributed by atoms with Crippen molar-refractivity contribution in [2.45, 2.75) is 32.5 Å². The Balaban J connectivity index is 3.81. The van der Waals surface area contributed by atoms with Crippen LogP contribution < -0.4 is 5.73 Å². The standard InChI is InChI=1S/C8H19NO2/c1-6(2)8(11-3)7(10)4-5-9/h6-8,10H,4-5,9H2,1-3H3. The van der Waals surface area contributed by atoms with E-state index in [1.165, 1.54) is 0 Å². The Hall–Kier alpha value is -0.120. The van der Waals surface area contributed by atoms with Crippen LogP contribution in [0.1, 0.15) is 20.3 Å². The number of rotatable bonds is 5. The van der Waals surface area contributed by atoms with E-state index in [0.717, 1.165) is 0 Å². The fourth-order valence-electron chi connectivity index (χ4n) is 1.21. The fourth-order valence-corrected chi connectivity index (χ4v) is 1.21. The maximum Gasteiger partial charge on any atom is 0.0853 e. The minimum atomic E-state index is -0.426. The molecule has 0 radical (unpaired) electrons. The summed E-state index contributed by atoms with van der Waals surface area (Å²) in [5.74, 6) is 0.335. The molecule has 0 fully saturated rings. The molecule has 0 saturated heterocycles. The first kappa shape index (κ1) is 10.9. The quantitative estimate of drug-likeness (QED) is 0.612. The van der Waals surface area contributed by atoms with Gasteiger partial charge in [0.1, 0.15) is 0 Å². The van der Waals surface area contributed by atoms with E-state index < -0.39 is 6.10 Å². The van der Waals surface area contributed by atoms with Gasteiger partial charge in [-0.05, 0) is 18.9 Å². The van der Waals surface area contributed by atoms with Crippen LogP contribution >= 0.6 is 0 Å². The average molecular weight is 161 g/mol. The summed E-state index contributed by atoms with van der Waals surface area (Å²) in [6.07, 6.45) is 0.0972. The molecule has 2 atom stereocenters. The van der Waals surface area contributed by atoms with Crippen LogP contribution in [0.4, 0.5) is 0 Å². The van der Waals surface area contributed by atoms with Gasteiger partial charge in [0, 0.05) is 7.11 Å². The molecule has 0 aromatic rings. The van der Waals surface area contributed by atoms with Gasteiger partial charge in [-0.2, -0.15) is 0 Å². The topological polar surface area (TPSA) is 55.5 Å². The molecule has 0 aliphatic rings. The summed E-state index contributed by atoms with van der Waals surface area (Å²) in [5.41, 5.74) is 5.31. The predicted octanol–water partition coefficient (Wildman–Crippen LogP) is 0.367. The van der Waals surface area contributed by atoms with E-state index in [1.807, 2.05) is 13.8 Å². The van der Waals surface area contributed by atoms with Crippen molar-refractivity contribution in [1.29, 1.82) is 0 Å². The largest absolute Gasteiger partial charge is 0.390 e. The molecule has 0 saturated carbocycles. The molecule has 0 amide bonds. The van der Waals surface area contributed by atoms with Gasteiger partial charge in [0.15, 0.2) is 0 Å². The molecule has 0 rings (SSSR count). The summed E-state index contributed by atoms with van der Waals surface area (Å²) in [4.78, 5) is 0. The highest BCUT2D eigenvalue weighted by Crippen LogP contribution is 2.11. The highest BCUT2D eigenvalue weighted by Gasteiger charge is 2.20. The lowest BCUT2D eigenvalue weighted by Gasteiger charge is -2.24. The molecule has 0 aromatic carbocycles. The Kier molecular flexibility index (Phi) is 5.46. The van der Waals surface area contributed by atoms with Crippen molar-refractivity contribution in [3.63, 3.8) is 0 Å². The third kappa shape index (κ3) is 3.70. The SMILES string of the molecule is COC(C(C)C)C(O)CCN. The van der Waals surface area contributed by atoms with E-state index in [0.29, 0.717) is 18.9 Å². The van der Waals surface area contributed by atoms with Gasteiger partial charge < -0.3 is 15.6 Å². The first-order chi connectivity index (χ1) is 5.13. The van der Waals surface area contributed by atoms with Crippen molar-refractivity contribution in [2.75, 3.05) is 13.7 Å². The van der Waals surface area contributed by atoms with Gasteiger partial charge in [-0.3, -0.25) is 0 Å². The van der Waals surface area contributed by atoms with E-state index in [2.05, 4.69) is 0 Å². The second kappa shape index (κ2) is 5.52. The van der Waals surface area contributed by atoms with E-state index in [-0.39, 0.29) is 6.10 Å². The van der Waals surface area contributed by atoms with Gasteiger partial charge in [0.2, 0.25) is 0 Å². The first-order valence-corrected chi connectivity index (χ1v) is 4.04. The maximum atomic E-state index is 9.47. The van der Waals surface area contributed by atoms with Crippen molar-refractivity contribution in [3.8, 4) is 0 Å². The van der Waals surface area contributed by atoms with Crippen molar-refractivity contribution in [3.05, 3.63) is 0 Å². The van der Waals surface area contributed by atoms with Crippen LogP contribution in [0.25, 0.3) is 0 Å². The fraction of sp³-hybridized carbons (Fsp3) is 1.00. The number of hydrogen-bond donors (Lipinski definition) is 2. The molecule has 0 heterocycles. The number of nitrogens with two attached hydrogens (primary N) is 1. The molecule has 2 unspecified atom stereocenters. The van der Waals surface area contributed by atoms with E-state index in [4.69, 9.17) is 10.5 Å². The Morgan fingerprint density at radius 3 is 2.27 bits per heavy atom. The lowest BCUT2D eigenvalue weighted by molar-refractivity contribution is -0.0395. The van der Waals surface area contributed by atoms with E-state index >= 15 is 0 Å². The van der Waals surface area contributed by atoms with Gasteiger partial charge in [-0.1, -0.05) is 13.8 Å². The van der Waals surface area contributed by atoms with Crippen molar-refractivity contribution in [2.24, 2.45) is 11.7 Å². The van der Waals surface area contributed by atoms with Gasteiger partial charge in [-0.25, -0.2) is 0 Å². The minimum absolute atomic E-state index is 0.0847. The normalized spacial score (nSPS) is 16.9. The number of aliphatic hydroxyl groups is 1. The summed E-state index contributed by atoms with van der Waals surface area (Å²) < 4.78 is 5.12. The second-order valence-corrected chi connectivity index (χ2v) is 3.09. The van der Waals surface area contributed by atoms with Crippen LogP contribution in [-0.2, 0) is 4.74 Å². The second-order valence-electron chi connectivity index (χ2n) is 3.09. The Morgan fingerprint density at radius 1 is 1.45 bits per heavy atom. The van der Waals surface area contributed by atoms with Gasteiger partial charge in [-0.15, -0.1) is 0 Å². The third-order valence-corrected chi connectivity index (χ3v) is 1.77. The molecule has 11 heavy (non-hydrogen) atoms. The molecular weight excluding hydrogens is 142 g/mol. The van der Waals surface area contributed by atoms with Crippen LogP contribution in [0.5, 0.6) is 0 Å². The molecule has 0 aromatic heterocycles. The molecule has 0 bridgehead atoms. The number of methoxy groups -OCH3 is 1. The van der Waals surface area contributed by atoms with Gasteiger partial charge in [0.25, 0.3) is 0 Å². The highest BCUT2D eigenvalue weighted by atomic mass is 16.5. The Labute approximate surface area is 68.5 Å². The molecule has 3 heteroatoms. The molecule has 0 aliphatic heterocycles. The monoisotopic (exact) mass is 161 g/mol. The van der Waals surface area contributed by atoms with Crippen LogP contribution in [-0.4, -0.2) is 31.0 Å². The zero-order valence-electron chi connectivity index (χ0n) is 7.58. The maximum absolute atomic E-state index is 9.47. The lowest BCUT2D eigenvalue weighted by atomic mass is 9.99. The van der Waals surface area contributed by atoms with E-state index in [9.17, 15) is 5.11 Å². The van der Waals surface area contributed by atoms with Crippen molar-refractivity contribution >= 4 is 0 Å². The number of hydrogen-bond acceptors (Lipinski definition) is 3. The Morgan fingerprint density at radius 2 is 2.00 bits per heavy atom. The van der Waals surface area contributed by atoms with Crippen LogP contribution in [0.3, 0.4) is 0 Å². The number of ether oxygens (including phenoxy) is 1. The molecule has 0 spiro atoms. The lowest BCUT2D eigenvalue weighted by Crippen LogP contribution is -2.34. The molecule has 0 aliphatic carbocycles. The molecule has 3 nitrogen and oxygen atoms in total. The minimum Gasteiger partial charge on any atom is -0.390 e. The van der Waals surface area contributed by atoms with Crippen LogP contribution in [0.2, 0.25) is 0 Å². The van der Waals surface area contributed by atoms with Crippen LogP contribution in [0.15, 0.2) is 0 Å². The summed E-state index contributed by atoms with van der Waals surface area (Å²) in [6.45, 7) is 4.55.